The molecule has 3 N–H and O–H groups in total. The predicted molar refractivity (Wildman–Crippen MR) is 101 cm³/mol. The van der Waals surface area contributed by atoms with Crippen LogP contribution in [0, 0.1) is 19.8 Å². The van der Waals surface area contributed by atoms with E-state index in [1.165, 1.54) is 11.1 Å². The Morgan fingerprint density at radius 1 is 1.04 bits per heavy atom. The molecule has 0 aromatic heterocycles. The van der Waals surface area contributed by atoms with E-state index in [1.807, 2.05) is 31.2 Å². The van der Waals surface area contributed by atoms with Crippen LogP contribution in [0.2, 0.25) is 0 Å². The molecule has 5 heteroatoms. The topological polar surface area (TPSA) is 53.2 Å². The highest BCUT2D eigenvalue weighted by Gasteiger charge is 2.43. The summed E-state index contributed by atoms with van der Waals surface area (Å²) < 4.78 is 0. The number of carbonyl (C=O) groups is 1. The number of hydrogen-bond acceptors (Lipinski definition) is 2. The summed E-state index contributed by atoms with van der Waals surface area (Å²) >= 11 is 5.20. The van der Waals surface area contributed by atoms with Crippen LogP contribution in [0.25, 0.3) is 0 Å². The molecule has 124 valence electrons. The molecule has 1 fully saturated rings. The first-order valence-corrected chi connectivity index (χ1v) is 8.44. The number of hydrazine groups is 1. The Morgan fingerprint density at radius 3 is 2.50 bits per heavy atom. The fraction of sp³-hybridized carbons (Fsp3) is 0.263. The lowest BCUT2D eigenvalue weighted by molar-refractivity contribution is -0.122. The van der Waals surface area contributed by atoms with Gasteiger partial charge in [-0.05, 0) is 61.7 Å². The second-order valence-corrected chi connectivity index (χ2v) is 6.71. The van der Waals surface area contributed by atoms with Crippen LogP contribution in [0.15, 0.2) is 48.5 Å². The molecule has 4 nitrogen and oxygen atoms in total. The van der Waals surface area contributed by atoms with Gasteiger partial charge in [0.15, 0.2) is 5.11 Å². The molecule has 1 saturated carbocycles. The van der Waals surface area contributed by atoms with Crippen LogP contribution in [0.3, 0.4) is 0 Å². The standard InChI is InChI=1S/C19H21N3OS/c1-12-6-8-14(9-7-12)16-11-17(16)18(23)21-22-19(24)20-15-5-3-4-13(2)10-15/h3-10,16-17H,11H2,1-2H3,(H,21,23)(H2,20,22,24)/t16-,17+/m1/s1. The van der Waals surface area contributed by atoms with Gasteiger partial charge in [0.1, 0.15) is 0 Å². The maximum Gasteiger partial charge on any atom is 0.242 e. The number of aryl methyl sites for hydroxylation is 2. The van der Waals surface area contributed by atoms with Crippen molar-refractivity contribution in [2.45, 2.75) is 26.2 Å². The zero-order valence-corrected chi connectivity index (χ0v) is 14.6. The van der Waals surface area contributed by atoms with Crippen molar-refractivity contribution in [1.29, 1.82) is 0 Å². The van der Waals surface area contributed by atoms with E-state index >= 15 is 0 Å². The van der Waals surface area contributed by atoms with Gasteiger partial charge in [0, 0.05) is 11.6 Å². The molecule has 0 heterocycles. The number of thiocarbonyl (C=S) groups is 1. The summed E-state index contributed by atoms with van der Waals surface area (Å²) in [5.41, 5.74) is 9.96. The number of rotatable bonds is 3. The molecule has 1 amide bonds. The second-order valence-electron chi connectivity index (χ2n) is 6.30. The Bertz CT molecular complexity index is 757. The van der Waals surface area contributed by atoms with Gasteiger partial charge in [-0.15, -0.1) is 0 Å². The van der Waals surface area contributed by atoms with Crippen LogP contribution >= 0.6 is 12.2 Å². The van der Waals surface area contributed by atoms with Crippen molar-refractivity contribution >= 4 is 28.9 Å². The summed E-state index contributed by atoms with van der Waals surface area (Å²) in [5.74, 6) is 0.307. The predicted octanol–water partition coefficient (Wildman–Crippen LogP) is 3.42. The number of carbonyl (C=O) groups excluding carboxylic acids is 1. The average Bonchev–Trinajstić information content (AvgIpc) is 3.34. The fourth-order valence-corrected chi connectivity index (χ4v) is 2.93. The highest BCUT2D eigenvalue weighted by molar-refractivity contribution is 7.80. The first-order valence-electron chi connectivity index (χ1n) is 8.03. The Balaban J connectivity index is 1.46. The number of amides is 1. The maximum atomic E-state index is 12.2. The summed E-state index contributed by atoms with van der Waals surface area (Å²) in [6.45, 7) is 4.08. The van der Waals surface area contributed by atoms with Gasteiger partial charge < -0.3 is 5.32 Å². The highest BCUT2D eigenvalue weighted by Crippen LogP contribution is 2.47. The smallest absolute Gasteiger partial charge is 0.242 e. The van der Waals surface area contributed by atoms with E-state index in [0.717, 1.165) is 17.7 Å². The molecule has 0 bridgehead atoms. The fourth-order valence-electron chi connectivity index (χ4n) is 2.76. The third-order valence-electron chi connectivity index (χ3n) is 4.21. The van der Waals surface area contributed by atoms with Gasteiger partial charge in [0.25, 0.3) is 0 Å². The van der Waals surface area contributed by atoms with Crippen molar-refractivity contribution in [3.05, 3.63) is 65.2 Å². The maximum absolute atomic E-state index is 12.2. The van der Waals surface area contributed by atoms with Crippen LogP contribution in [0.4, 0.5) is 5.69 Å². The molecule has 0 spiro atoms. The minimum atomic E-state index is -0.0195. The Morgan fingerprint density at radius 2 is 1.79 bits per heavy atom. The minimum Gasteiger partial charge on any atom is -0.331 e. The molecule has 1 aliphatic rings. The molecular weight excluding hydrogens is 318 g/mol. The largest absolute Gasteiger partial charge is 0.331 e. The van der Waals surface area contributed by atoms with Gasteiger partial charge in [-0.2, -0.15) is 0 Å². The van der Waals surface area contributed by atoms with Crippen molar-refractivity contribution in [3.8, 4) is 0 Å². The van der Waals surface area contributed by atoms with Crippen LogP contribution < -0.4 is 16.2 Å². The van der Waals surface area contributed by atoms with E-state index in [0.29, 0.717) is 11.0 Å². The van der Waals surface area contributed by atoms with E-state index in [9.17, 15) is 4.79 Å². The summed E-state index contributed by atoms with van der Waals surface area (Å²) in [5, 5.41) is 3.43. The molecule has 0 saturated heterocycles. The van der Waals surface area contributed by atoms with Gasteiger partial charge in [-0.3, -0.25) is 15.6 Å². The van der Waals surface area contributed by atoms with Crippen LogP contribution in [0.1, 0.15) is 29.0 Å². The molecule has 0 unspecified atom stereocenters. The summed E-state index contributed by atoms with van der Waals surface area (Å²) in [7, 11) is 0. The van der Waals surface area contributed by atoms with Crippen LogP contribution in [0.5, 0.6) is 0 Å². The summed E-state index contributed by atoms with van der Waals surface area (Å²) in [6.07, 6.45) is 0.884. The zero-order valence-electron chi connectivity index (χ0n) is 13.8. The molecule has 2 aromatic carbocycles. The van der Waals surface area contributed by atoms with E-state index < -0.39 is 0 Å². The average molecular weight is 339 g/mol. The molecule has 2 aromatic rings. The lowest BCUT2D eigenvalue weighted by Gasteiger charge is -2.12. The van der Waals surface area contributed by atoms with Crippen LogP contribution in [-0.4, -0.2) is 11.0 Å². The summed E-state index contributed by atoms with van der Waals surface area (Å²) in [6, 6.07) is 16.3. The lowest BCUT2D eigenvalue weighted by atomic mass is 10.1. The van der Waals surface area contributed by atoms with Crippen LogP contribution in [-0.2, 0) is 4.79 Å². The monoisotopic (exact) mass is 339 g/mol. The Kier molecular flexibility index (Phi) is 4.81. The first kappa shape index (κ1) is 16.5. The number of benzene rings is 2. The molecule has 2 atom stereocenters. The van der Waals surface area contributed by atoms with Crippen molar-refractivity contribution in [3.63, 3.8) is 0 Å². The molecule has 24 heavy (non-hydrogen) atoms. The van der Waals surface area contributed by atoms with Crippen molar-refractivity contribution < 1.29 is 4.79 Å². The molecule has 0 radical (unpaired) electrons. The lowest BCUT2D eigenvalue weighted by Crippen LogP contribution is -2.44. The van der Waals surface area contributed by atoms with Gasteiger partial charge in [0.05, 0.1) is 0 Å². The van der Waals surface area contributed by atoms with Gasteiger partial charge >= 0.3 is 0 Å². The minimum absolute atomic E-state index is 0.0157. The quantitative estimate of drug-likeness (QED) is 0.592. The first-order chi connectivity index (χ1) is 11.5. The highest BCUT2D eigenvalue weighted by atomic mass is 32.1. The SMILES string of the molecule is Cc1ccc([C@H]2C[C@@H]2C(=O)NNC(=S)Nc2cccc(C)c2)cc1. The third kappa shape index (κ3) is 4.11. The Labute approximate surface area is 147 Å². The van der Waals surface area contributed by atoms with E-state index in [2.05, 4.69) is 47.4 Å². The zero-order chi connectivity index (χ0) is 17.1. The van der Waals surface area contributed by atoms with Gasteiger partial charge in [0.2, 0.25) is 5.91 Å². The van der Waals surface area contributed by atoms with E-state index in [4.69, 9.17) is 12.2 Å². The molecule has 0 aliphatic heterocycles. The molecule has 1 aliphatic carbocycles. The molecule has 3 rings (SSSR count). The Hall–Kier alpha value is -2.40. The van der Waals surface area contributed by atoms with Gasteiger partial charge in [-0.1, -0.05) is 42.0 Å². The molecular formula is C19H21N3OS. The van der Waals surface area contributed by atoms with Crippen molar-refractivity contribution in [1.82, 2.24) is 10.9 Å². The number of hydrogen-bond donors (Lipinski definition) is 3. The second kappa shape index (κ2) is 7.01. The summed E-state index contributed by atoms with van der Waals surface area (Å²) in [4.78, 5) is 12.2. The van der Waals surface area contributed by atoms with Crippen molar-refractivity contribution in [2.24, 2.45) is 5.92 Å². The van der Waals surface area contributed by atoms with E-state index in [1.54, 1.807) is 0 Å². The van der Waals surface area contributed by atoms with E-state index in [-0.39, 0.29) is 11.8 Å². The normalized spacial score (nSPS) is 18.6. The van der Waals surface area contributed by atoms with Gasteiger partial charge in [-0.25, -0.2) is 0 Å². The number of anilines is 1. The number of nitrogens with one attached hydrogen (secondary N) is 3. The third-order valence-corrected chi connectivity index (χ3v) is 4.41. The van der Waals surface area contributed by atoms with Crippen molar-refractivity contribution in [2.75, 3.05) is 5.32 Å².